The molecule has 0 spiro atoms. The van der Waals surface area contributed by atoms with Gasteiger partial charge in [-0.05, 0) is 20.8 Å². The summed E-state index contributed by atoms with van der Waals surface area (Å²) in [5.74, 6) is 5.53. The first kappa shape index (κ1) is 20.4. The first-order chi connectivity index (χ1) is 12.2. The van der Waals surface area contributed by atoms with E-state index in [1.165, 1.54) is 6.20 Å². The van der Waals surface area contributed by atoms with Gasteiger partial charge in [0.05, 0.1) is 12.2 Å². The van der Waals surface area contributed by atoms with Crippen molar-refractivity contribution >= 4 is 0 Å². The van der Waals surface area contributed by atoms with Crippen LogP contribution in [-0.4, -0.2) is 62.0 Å². The van der Waals surface area contributed by atoms with Gasteiger partial charge in [-0.15, -0.1) is 0 Å². The summed E-state index contributed by atoms with van der Waals surface area (Å²) < 4.78 is 11.8. The Labute approximate surface area is 150 Å². The molecule has 0 saturated carbocycles. The first-order valence-electron chi connectivity index (χ1n) is 8.31. The van der Waals surface area contributed by atoms with Crippen molar-refractivity contribution in [2.75, 3.05) is 13.2 Å². The summed E-state index contributed by atoms with van der Waals surface area (Å²) in [7, 11) is 0. The van der Waals surface area contributed by atoms with Crippen LogP contribution in [0.3, 0.4) is 0 Å². The Bertz CT molecular complexity index is 802. The van der Waals surface area contributed by atoms with Crippen molar-refractivity contribution in [2.45, 2.75) is 57.3 Å². The zero-order valence-corrected chi connectivity index (χ0v) is 14.9. The van der Waals surface area contributed by atoms with Crippen molar-refractivity contribution < 1.29 is 24.8 Å². The van der Waals surface area contributed by atoms with Crippen LogP contribution in [0.4, 0.5) is 0 Å². The van der Waals surface area contributed by atoms with Gasteiger partial charge >= 0.3 is 5.69 Å². The molecule has 4 unspecified atom stereocenters. The van der Waals surface area contributed by atoms with E-state index in [0.29, 0.717) is 13.0 Å². The van der Waals surface area contributed by atoms with E-state index in [0.717, 1.165) is 4.57 Å². The fourth-order valence-electron chi connectivity index (χ4n) is 2.67. The first-order valence-corrected chi connectivity index (χ1v) is 8.31. The molecule has 0 aliphatic carbocycles. The predicted molar refractivity (Wildman–Crippen MR) is 91.5 cm³/mol. The average molecular weight is 368 g/mol. The normalized spacial score (nSPS) is 25.8. The second-order valence-electron chi connectivity index (χ2n) is 6.61. The molecule has 2 rings (SSSR count). The van der Waals surface area contributed by atoms with Crippen LogP contribution in [0.1, 0.15) is 39.0 Å². The van der Waals surface area contributed by atoms with E-state index in [1.54, 1.807) is 0 Å². The van der Waals surface area contributed by atoms with E-state index in [9.17, 15) is 19.8 Å². The molecule has 2 heterocycles. The number of aromatic nitrogens is 2. The molecule has 1 saturated heterocycles. The third-order valence-corrected chi connectivity index (χ3v) is 4.03. The molecular weight excluding hydrogens is 344 g/mol. The highest BCUT2D eigenvalue weighted by Gasteiger charge is 2.43. The average Bonchev–Trinajstić information content (AvgIpc) is 2.84. The van der Waals surface area contributed by atoms with Gasteiger partial charge in [0.1, 0.15) is 23.9 Å². The van der Waals surface area contributed by atoms with Gasteiger partial charge in [0.15, 0.2) is 6.23 Å². The zero-order chi connectivity index (χ0) is 19.5. The lowest BCUT2D eigenvalue weighted by molar-refractivity contribution is -0.0550. The van der Waals surface area contributed by atoms with Crippen molar-refractivity contribution in [1.29, 1.82) is 0 Å². The molecule has 144 valence electrons. The standard InChI is InChI=1S/C17H24N2O7/c1-4-25-17(2,3)7-5-6-10-8-19(16(24)18-14(10)23)15-13(22)12(21)11(9-20)26-15/h8,11-13,15,20-22H,4,7,9H2,1-3H3,(H,18,23,24). The van der Waals surface area contributed by atoms with Crippen molar-refractivity contribution in [3.63, 3.8) is 0 Å². The molecule has 26 heavy (non-hydrogen) atoms. The summed E-state index contributed by atoms with van der Waals surface area (Å²) in [5, 5.41) is 29.0. The Morgan fingerprint density at radius 1 is 1.35 bits per heavy atom. The highest BCUT2D eigenvalue weighted by Crippen LogP contribution is 2.27. The largest absolute Gasteiger partial charge is 0.394 e. The highest BCUT2D eigenvalue weighted by molar-refractivity contribution is 5.30. The van der Waals surface area contributed by atoms with Crippen LogP contribution in [0.15, 0.2) is 15.8 Å². The number of hydrogen-bond acceptors (Lipinski definition) is 7. The molecule has 4 N–H and O–H groups in total. The number of H-pyrrole nitrogens is 1. The van der Waals surface area contributed by atoms with Crippen LogP contribution >= 0.6 is 0 Å². The van der Waals surface area contributed by atoms with Crippen LogP contribution in [0.2, 0.25) is 0 Å². The fraction of sp³-hybridized carbons (Fsp3) is 0.647. The van der Waals surface area contributed by atoms with E-state index in [4.69, 9.17) is 14.6 Å². The molecule has 0 bridgehead atoms. The lowest BCUT2D eigenvalue weighted by Gasteiger charge is -2.21. The van der Waals surface area contributed by atoms with Crippen LogP contribution < -0.4 is 11.2 Å². The van der Waals surface area contributed by atoms with Crippen LogP contribution in [0.5, 0.6) is 0 Å². The summed E-state index contributed by atoms with van der Waals surface area (Å²) >= 11 is 0. The Hall–Kier alpha value is -1.96. The number of aliphatic hydroxyl groups excluding tert-OH is 3. The van der Waals surface area contributed by atoms with Crippen LogP contribution in [0.25, 0.3) is 0 Å². The molecule has 4 atom stereocenters. The summed E-state index contributed by atoms with van der Waals surface area (Å²) in [6.07, 6.45) is -3.53. The molecule has 0 radical (unpaired) electrons. The third-order valence-electron chi connectivity index (χ3n) is 4.03. The van der Waals surface area contributed by atoms with Gasteiger partial charge in [-0.1, -0.05) is 11.8 Å². The van der Waals surface area contributed by atoms with Crippen molar-refractivity contribution in [3.05, 3.63) is 32.6 Å². The van der Waals surface area contributed by atoms with Gasteiger partial charge in [-0.3, -0.25) is 14.3 Å². The SMILES string of the molecule is CCOC(C)(C)CC#Cc1cn(C2OC(CO)C(O)C2O)c(=O)[nH]c1=O. The number of aromatic amines is 1. The predicted octanol–water partition coefficient (Wildman–Crippen LogP) is -1.30. The molecule has 0 amide bonds. The molecule has 1 aromatic rings. The maximum absolute atomic E-state index is 12.0. The number of rotatable bonds is 5. The minimum absolute atomic E-state index is 0.00892. The summed E-state index contributed by atoms with van der Waals surface area (Å²) in [6.45, 7) is 5.62. The Morgan fingerprint density at radius 3 is 2.62 bits per heavy atom. The number of ether oxygens (including phenoxy) is 2. The molecule has 1 aromatic heterocycles. The van der Waals surface area contributed by atoms with E-state index in [-0.39, 0.29) is 5.56 Å². The lowest BCUT2D eigenvalue weighted by atomic mass is 10.1. The summed E-state index contributed by atoms with van der Waals surface area (Å²) in [4.78, 5) is 26.1. The minimum atomic E-state index is -1.44. The summed E-state index contributed by atoms with van der Waals surface area (Å²) in [6, 6.07) is 0. The maximum atomic E-state index is 12.0. The van der Waals surface area contributed by atoms with Gasteiger partial charge in [0.2, 0.25) is 0 Å². The smallest absolute Gasteiger partial charge is 0.330 e. The molecule has 1 fully saturated rings. The van der Waals surface area contributed by atoms with Crippen molar-refractivity contribution in [1.82, 2.24) is 9.55 Å². The van der Waals surface area contributed by atoms with Gasteiger partial charge in [-0.25, -0.2) is 4.79 Å². The fourth-order valence-corrected chi connectivity index (χ4v) is 2.67. The van der Waals surface area contributed by atoms with Crippen molar-refractivity contribution in [2.24, 2.45) is 0 Å². The van der Waals surface area contributed by atoms with E-state index in [1.807, 2.05) is 20.8 Å². The van der Waals surface area contributed by atoms with E-state index >= 15 is 0 Å². The second kappa shape index (κ2) is 8.16. The minimum Gasteiger partial charge on any atom is -0.394 e. The molecule has 0 aromatic carbocycles. The Morgan fingerprint density at radius 2 is 2.04 bits per heavy atom. The van der Waals surface area contributed by atoms with Gasteiger partial charge in [0, 0.05) is 19.2 Å². The molecule has 1 aliphatic heterocycles. The van der Waals surface area contributed by atoms with Crippen molar-refractivity contribution in [3.8, 4) is 11.8 Å². The summed E-state index contributed by atoms with van der Waals surface area (Å²) in [5.41, 5.74) is -1.95. The topological polar surface area (TPSA) is 134 Å². The van der Waals surface area contributed by atoms with Gasteiger partial charge < -0.3 is 24.8 Å². The monoisotopic (exact) mass is 368 g/mol. The van der Waals surface area contributed by atoms with Gasteiger partial charge in [0.25, 0.3) is 5.56 Å². The Kier molecular flexibility index (Phi) is 6.39. The van der Waals surface area contributed by atoms with E-state index in [2.05, 4.69) is 16.8 Å². The van der Waals surface area contributed by atoms with Crippen LogP contribution in [-0.2, 0) is 9.47 Å². The lowest BCUT2D eigenvalue weighted by Crippen LogP contribution is -2.38. The maximum Gasteiger partial charge on any atom is 0.330 e. The molecule has 9 heteroatoms. The zero-order valence-electron chi connectivity index (χ0n) is 14.9. The number of hydrogen-bond donors (Lipinski definition) is 4. The number of nitrogens with one attached hydrogen (secondary N) is 1. The van der Waals surface area contributed by atoms with Gasteiger partial charge in [-0.2, -0.15) is 0 Å². The highest BCUT2D eigenvalue weighted by atomic mass is 16.6. The molecule has 9 nitrogen and oxygen atoms in total. The van der Waals surface area contributed by atoms with Crippen LogP contribution in [0, 0.1) is 11.8 Å². The quantitative estimate of drug-likeness (QED) is 0.475. The second-order valence-corrected chi connectivity index (χ2v) is 6.61. The number of aliphatic hydroxyl groups is 3. The Balaban J connectivity index is 2.31. The molecular formula is C17H24N2O7. The third kappa shape index (κ3) is 4.41. The van der Waals surface area contributed by atoms with E-state index < -0.39 is 48.0 Å². The number of nitrogens with zero attached hydrogens (tertiary/aromatic N) is 1. The molecule has 1 aliphatic rings.